The van der Waals surface area contributed by atoms with Crippen LogP contribution in [0.4, 0.5) is 0 Å². The van der Waals surface area contributed by atoms with Crippen LogP contribution in [0.2, 0.25) is 0 Å². The minimum absolute atomic E-state index is 0.0740. The molecule has 2 rings (SSSR count). The summed E-state index contributed by atoms with van der Waals surface area (Å²) in [4.78, 5) is 13.8. The van der Waals surface area contributed by atoms with Crippen LogP contribution in [0.5, 0.6) is 5.75 Å². The number of H-pyrrole nitrogens is 1. The summed E-state index contributed by atoms with van der Waals surface area (Å²) in [6, 6.07) is 8.62. The highest BCUT2D eigenvalue weighted by Crippen LogP contribution is 2.11. The molecule has 0 saturated heterocycles. The molecule has 2 aromatic rings. The van der Waals surface area contributed by atoms with Crippen molar-refractivity contribution in [1.29, 1.82) is 0 Å². The van der Waals surface area contributed by atoms with Gasteiger partial charge in [0, 0.05) is 25.0 Å². The van der Waals surface area contributed by atoms with Gasteiger partial charge in [0.25, 0.3) is 0 Å². The molecule has 0 aliphatic rings. The fraction of sp³-hybridized carbons (Fsp3) is 0.214. The maximum atomic E-state index is 11.9. The Hall–Kier alpha value is -2.12. The number of hydrogen-bond donors (Lipinski definition) is 2. The van der Waals surface area contributed by atoms with Gasteiger partial charge in [0.05, 0.1) is 0 Å². The lowest BCUT2D eigenvalue weighted by atomic mass is 10.2. The normalized spacial score (nSPS) is 11.3. The van der Waals surface area contributed by atoms with Crippen LogP contribution in [-0.2, 0) is 10.0 Å². The molecule has 1 aromatic heterocycles. The van der Waals surface area contributed by atoms with Crippen LogP contribution in [0.15, 0.2) is 52.4 Å². The monoisotopic (exact) mass is 308 g/mol. The summed E-state index contributed by atoms with van der Waals surface area (Å²) in [5.41, 5.74) is 0.504. The maximum absolute atomic E-state index is 11.9. The number of rotatable bonds is 6. The molecule has 6 nitrogen and oxygen atoms in total. The van der Waals surface area contributed by atoms with Crippen molar-refractivity contribution in [2.75, 3.05) is 13.2 Å². The van der Waals surface area contributed by atoms with Crippen molar-refractivity contribution in [3.05, 3.63) is 58.5 Å². The van der Waals surface area contributed by atoms with Gasteiger partial charge in [0.15, 0.2) is 0 Å². The first-order chi connectivity index (χ1) is 9.99. The summed E-state index contributed by atoms with van der Waals surface area (Å²) in [5, 5.41) is 0. The zero-order valence-corrected chi connectivity index (χ0v) is 12.3. The molecule has 0 atom stereocenters. The first kappa shape index (κ1) is 15.3. The van der Waals surface area contributed by atoms with E-state index in [4.69, 9.17) is 4.74 Å². The lowest BCUT2D eigenvalue weighted by molar-refractivity contribution is 0.322. The van der Waals surface area contributed by atoms with E-state index in [0.717, 1.165) is 17.8 Å². The Kier molecular flexibility index (Phi) is 4.77. The average molecular weight is 308 g/mol. The van der Waals surface area contributed by atoms with Crippen molar-refractivity contribution in [3.63, 3.8) is 0 Å². The van der Waals surface area contributed by atoms with E-state index in [-0.39, 0.29) is 18.0 Å². The van der Waals surface area contributed by atoms with Crippen LogP contribution in [-0.4, -0.2) is 26.6 Å². The molecule has 112 valence electrons. The van der Waals surface area contributed by atoms with Crippen molar-refractivity contribution in [3.8, 4) is 5.75 Å². The predicted octanol–water partition coefficient (Wildman–Crippen LogP) is 1.04. The molecule has 0 fully saturated rings. The van der Waals surface area contributed by atoms with E-state index in [1.807, 2.05) is 25.1 Å². The second-order valence-corrected chi connectivity index (χ2v) is 6.17. The summed E-state index contributed by atoms with van der Waals surface area (Å²) in [6.07, 6.45) is 2.54. The van der Waals surface area contributed by atoms with Gasteiger partial charge in [-0.3, -0.25) is 4.79 Å². The minimum atomic E-state index is -3.83. The van der Waals surface area contributed by atoms with E-state index < -0.39 is 15.5 Å². The molecule has 0 aliphatic heterocycles. The number of pyridine rings is 1. The number of nitrogens with one attached hydrogen (secondary N) is 2. The molecule has 1 aromatic carbocycles. The Bertz CT molecular complexity index is 768. The predicted molar refractivity (Wildman–Crippen MR) is 78.9 cm³/mol. The van der Waals surface area contributed by atoms with E-state index in [1.165, 1.54) is 6.20 Å². The van der Waals surface area contributed by atoms with Crippen LogP contribution in [0.1, 0.15) is 5.56 Å². The van der Waals surface area contributed by atoms with Crippen LogP contribution in [0, 0.1) is 6.92 Å². The van der Waals surface area contributed by atoms with Crippen molar-refractivity contribution < 1.29 is 13.2 Å². The van der Waals surface area contributed by atoms with Gasteiger partial charge >= 0.3 is 0 Å². The van der Waals surface area contributed by atoms with Gasteiger partial charge in [0.2, 0.25) is 15.5 Å². The van der Waals surface area contributed by atoms with Gasteiger partial charge in [-0.05, 0) is 24.6 Å². The summed E-state index contributed by atoms with van der Waals surface area (Å²) in [5.74, 6) is 0.673. The Morgan fingerprint density at radius 3 is 2.81 bits per heavy atom. The standard InChI is InChI=1S/C14H16N2O4S/c1-11-3-2-4-12(9-11)20-8-7-16-21(18,19)14-10-15-6-5-13(14)17/h2-6,9-10,16H,7-8H2,1H3,(H,15,17). The number of ether oxygens (including phenoxy) is 1. The lowest BCUT2D eigenvalue weighted by Gasteiger charge is -2.08. The molecule has 21 heavy (non-hydrogen) atoms. The quantitative estimate of drug-likeness (QED) is 0.781. The van der Waals surface area contributed by atoms with E-state index >= 15 is 0 Å². The van der Waals surface area contributed by atoms with Crippen LogP contribution >= 0.6 is 0 Å². The Balaban J connectivity index is 1.91. The van der Waals surface area contributed by atoms with Gasteiger partial charge in [-0.1, -0.05) is 12.1 Å². The molecule has 1 heterocycles. The molecule has 0 saturated carbocycles. The number of sulfonamides is 1. The maximum Gasteiger partial charge on any atom is 0.246 e. The second kappa shape index (κ2) is 6.55. The third-order valence-corrected chi connectivity index (χ3v) is 4.21. The van der Waals surface area contributed by atoms with Gasteiger partial charge in [0.1, 0.15) is 17.3 Å². The van der Waals surface area contributed by atoms with Gasteiger partial charge < -0.3 is 9.72 Å². The molecule has 7 heteroatoms. The summed E-state index contributed by atoms with van der Waals surface area (Å²) >= 11 is 0. The lowest BCUT2D eigenvalue weighted by Crippen LogP contribution is -2.31. The summed E-state index contributed by atoms with van der Waals surface area (Å²) < 4.78 is 31.6. The largest absolute Gasteiger partial charge is 0.492 e. The van der Waals surface area contributed by atoms with E-state index in [9.17, 15) is 13.2 Å². The number of hydrogen-bond acceptors (Lipinski definition) is 4. The zero-order chi connectivity index (χ0) is 15.3. The van der Waals surface area contributed by atoms with Crippen molar-refractivity contribution in [2.45, 2.75) is 11.8 Å². The van der Waals surface area contributed by atoms with Gasteiger partial charge in [-0.15, -0.1) is 0 Å². The fourth-order valence-corrected chi connectivity index (χ4v) is 2.80. The van der Waals surface area contributed by atoms with Crippen molar-refractivity contribution in [1.82, 2.24) is 9.71 Å². The Morgan fingerprint density at radius 2 is 2.10 bits per heavy atom. The van der Waals surface area contributed by atoms with E-state index in [2.05, 4.69) is 9.71 Å². The fourth-order valence-electron chi connectivity index (χ4n) is 1.74. The summed E-state index contributed by atoms with van der Waals surface area (Å²) in [6.45, 7) is 2.19. The van der Waals surface area contributed by atoms with Crippen molar-refractivity contribution >= 4 is 10.0 Å². The van der Waals surface area contributed by atoms with Crippen LogP contribution in [0.25, 0.3) is 0 Å². The molecule has 0 radical (unpaired) electrons. The molecule has 0 spiro atoms. The van der Waals surface area contributed by atoms with E-state index in [1.54, 1.807) is 6.07 Å². The second-order valence-electron chi connectivity index (χ2n) is 4.44. The molecule has 2 N–H and O–H groups in total. The number of aromatic amines is 1. The highest BCUT2D eigenvalue weighted by molar-refractivity contribution is 7.89. The van der Waals surface area contributed by atoms with Gasteiger partial charge in [-0.2, -0.15) is 0 Å². The van der Waals surface area contributed by atoms with Gasteiger partial charge in [-0.25, -0.2) is 13.1 Å². The molecule has 0 unspecified atom stereocenters. The third kappa shape index (κ3) is 4.17. The highest BCUT2D eigenvalue weighted by atomic mass is 32.2. The number of aromatic nitrogens is 1. The smallest absolute Gasteiger partial charge is 0.246 e. The summed E-state index contributed by atoms with van der Waals surface area (Å²) in [7, 11) is -3.83. The topological polar surface area (TPSA) is 88.3 Å². The van der Waals surface area contributed by atoms with Crippen molar-refractivity contribution in [2.24, 2.45) is 0 Å². The first-order valence-electron chi connectivity index (χ1n) is 6.35. The minimum Gasteiger partial charge on any atom is -0.492 e. The third-order valence-electron chi connectivity index (χ3n) is 2.73. The Morgan fingerprint density at radius 1 is 1.29 bits per heavy atom. The first-order valence-corrected chi connectivity index (χ1v) is 7.83. The van der Waals surface area contributed by atoms with E-state index in [0.29, 0.717) is 5.75 Å². The molecule has 0 bridgehead atoms. The van der Waals surface area contributed by atoms with Crippen LogP contribution < -0.4 is 14.9 Å². The van der Waals surface area contributed by atoms with Crippen LogP contribution in [0.3, 0.4) is 0 Å². The SMILES string of the molecule is Cc1cccc(OCCNS(=O)(=O)c2c[nH]ccc2=O)c1. The molecule has 0 aliphatic carbocycles. The number of benzene rings is 1. The molecule has 0 amide bonds. The zero-order valence-electron chi connectivity index (χ0n) is 11.5. The number of aryl methyl sites for hydroxylation is 1. The Labute approximate surface area is 122 Å². The highest BCUT2D eigenvalue weighted by Gasteiger charge is 2.16. The molecular weight excluding hydrogens is 292 g/mol. The molecular formula is C14H16N2O4S. The average Bonchev–Trinajstić information content (AvgIpc) is 2.44.